The van der Waals surface area contributed by atoms with E-state index in [0.29, 0.717) is 17.6 Å². The summed E-state index contributed by atoms with van der Waals surface area (Å²) in [5, 5.41) is 3.42. The van der Waals surface area contributed by atoms with Crippen LogP contribution in [0, 0.1) is 12.8 Å². The second-order valence-corrected chi connectivity index (χ2v) is 6.75. The first kappa shape index (κ1) is 15.4. The van der Waals surface area contributed by atoms with Crippen molar-refractivity contribution in [3.8, 4) is 0 Å². The molecule has 2 fully saturated rings. The fourth-order valence-electron chi connectivity index (χ4n) is 3.70. The number of nitrogens with zero attached hydrogens (tertiary/aromatic N) is 3. The molecule has 1 aliphatic heterocycles. The first-order chi connectivity index (χ1) is 10.7. The minimum Gasteiger partial charge on any atom is -0.350 e. The van der Waals surface area contributed by atoms with E-state index in [2.05, 4.69) is 20.2 Å². The number of hydrogen-bond acceptors (Lipinski definition) is 5. The number of carbonyl (C=O) groups is 1. The van der Waals surface area contributed by atoms with E-state index >= 15 is 0 Å². The fourth-order valence-corrected chi connectivity index (χ4v) is 3.70. The lowest BCUT2D eigenvalue weighted by Gasteiger charge is -2.26. The molecule has 1 saturated carbocycles. The highest BCUT2D eigenvalue weighted by atomic mass is 16.1. The van der Waals surface area contributed by atoms with Crippen LogP contribution in [0.1, 0.15) is 54.6 Å². The average Bonchev–Trinajstić information content (AvgIpc) is 2.95. The van der Waals surface area contributed by atoms with Crippen LogP contribution in [0.25, 0.3) is 0 Å². The molecule has 0 amide bonds. The van der Waals surface area contributed by atoms with Gasteiger partial charge in [-0.3, -0.25) is 4.79 Å². The van der Waals surface area contributed by atoms with Gasteiger partial charge in [-0.05, 0) is 32.1 Å². The summed E-state index contributed by atoms with van der Waals surface area (Å²) in [6, 6.07) is 0.421. The number of aromatic nitrogens is 2. The molecule has 1 aromatic heterocycles. The van der Waals surface area contributed by atoms with Gasteiger partial charge in [-0.15, -0.1) is 0 Å². The van der Waals surface area contributed by atoms with Crippen LogP contribution in [0.5, 0.6) is 0 Å². The first-order valence-electron chi connectivity index (χ1n) is 8.52. The van der Waals surface area contributed by atoms with Crippen molar-refractivity contribution in [2.45, 2.75) is 51.5 Å². The summed E-state index contributed by atoms with van der Waals surface area (Å²) in [4.78, 5) is 22.0. The summed E-state index contributed by atoms with van der Waals surface area (Å²) >= 11 is 0. The smallest absolute Gasteiger partial charge is 0.223 e. The Kier molecular flexibility index (Phi) is 5.03. The van der Waals surface area contributed by atoms with Crippen molar-refractivity contribution in [3.05, 3.63) is 17.5 Å². The molecule has 1 N–H and O–H groups in total. The lowest BCUT2D eigenvalue weighted by Crippen LogP contribution is -2.31. The number of nitrogens with one attached hydrogen (secondary N) is 1. The topological polar surface area (TPSA) is 58.1 Å². The molecule has 120 valence electrons. The van der Waals surface area contributed by atoms with E-state index in [1.807, 2.05) is 6.92 Å². The van der Waals surface area contributed by atoms with E-state index in [4.69, 9.17) is 0 Å². The molecule has 1 aliphatic carbocycles. The number of likely N-dealkylation sites (tertiary alicyclic amines) is 1. The molecule has 3 rings (SSSR count). The predicted molar refractivity (Wildman–Crippen MR) is 87.2 cm³/mol. The molecular formula is C17H26N4O. The standard InChI is InChI=1S/C17H26N4O/c1-13-15(12-22)9-18-17(19-13)20-16-7-8-21(11-16)10-14-5-3-2-4-6-14/h9,12,14,16H,2-8,10-11H2,1H3,(H,18,19,20). The Labute approximate surface area is 132 Å². The molecule has 2 heterocycles. The third-order valence-electron chi connectivity index (χ3n) is 4.99. The summed E-state index contributed by atoms with van der Waals surface area (Å²) in [6.45, 7) is 5.34. The first-order valence-corrected chi connectivity index (χ1v) is 8.52. The number of rotatable bonds is 5. The highest BCUT2D eigenvalue weighted by Crippen LogP contribution is 2.26. The van der Waals surface area contributed by atoms with E-state index in [1.54, 1.807) is 6.20 Å². The molecule has 0 radical (unpaired) electrons. The van der Waals surface area contributed by atoms with Crippen LogP contribution < -0.4 is 5.32 Å². The summed E-state index contributed by atoms with van der Waals surface area (Å²) in [6.07, 6.45) is 10.6. The largest absolute Gasteiger partial charge is 0.350 e. The number of aryl methyl sites for hydroxylation is 1. The van der Waals surface area contributed by atoms with E-state index in [1.165, 1.54) is 45.2 Å². The van der Waals surface area contributed by atoms with Crippen LogP contribution in [0.3, 0.4) is 0 Å². The van der Waals surface area contributed by atoms with Crippen LogP contribution in [0.15, 0.2) is 6.20 Å². The normalized spacial score (nSPS) is 23.6. The Bertz CT molecular complexity index is 513. The molecule has 0 aromatic carbocycles. The van der Waals surface area contributed by atoms with Gasteiger partial charge in [-0.1, -0.05) is 19.3 Å². The van der Waals surface area contributed by atoms with Gasteiger partial charge in [0, 0.05) is 31.9 Å². The highest BCUT2D eigenvalue weighted by Gasteiger charge is 2.25. The zero-order chi connectivity index (χ0) is 15.4. The zero-order valence-electron chi connectivity index (χ0n) is 13.4. The highest BCUT2D eigenvalue weighted by molar-refractivity contribution is 5.75. The molecule has 1 atom stereocenters. The molecule has 1 unspecified atom stereocenters. The maximum atomic E-state index is 10.8. The molecule has 1 saturated heterocycles. The van der Waals surface area contributed by atoms with E-state index in [0.717, 1.165) is 30.9 Å². The lowest BCUT2D eigenvalue weighted by molar-refractivity contribution is 0.112. The van der Waals surface area contributed by atoms with Gasteiger partial charge in [0.15, 0.2) is 6.29 Å². The van der Waals surface area contributed by atoms with Crippen LogP contribution in [-0.4, -0.2) is 46.8 Å². The molecule has 0 bridgehead atoms. The van der Waals surface area contributed by atoms with Crippen molar-refractivity contribution in [3.63, 3.8) is 0 Å². The third-order valence-corrected chi connectivity index (χ3v) is 4.99. The molecular weight excluding hydrogens is 276 g/mol. The lowest BCUT2D eigenvalue weighted by atomic mass is 9.89. The molecule has 5 heteroatoms. The zero-order valence-corrected chi connectivity index (χ0v) is 13.4. The number of carbonyl (C=O) groups excluding carboxylic acids is 1. The van der Waals surface area contributed by atoms with E-state index in [9.17, 15) is 4.79 Å². The Balaban J connectivity index is 1.50. The minimum atomic E-state index is 0.421. The maximum Gasteiger partial charge on any atom is 0.223 e. The van der Waals surface area contributed by atoms with E-state index < -0.39 is 0 Å². The number of aldehydes is 1. The van der Waals surface area contributed by atoms with Crippen molar-refractivity contribution in [1.29, 1.82) is 0 Å². The van der Waals surface area contributed by atoms with Crippen molar-refractivity contribution in [2.24, 2.45) is 5.92 Å². The fraction of sp³-hybridized carbons (Fsp3) is 0.706. The van der Waals surface area contributed by atoms with Crippen LogP contribution in [0.4, 0.5) is 5.95 Å². The van der Waals surface area contributed by atoms with Gasteiger partial charge in [-0.2, -0.15) is 0 Å². The van der Waals surface area contributed by atoms with Crippen LogP contribution in [-0.2, 0) is 0 Å². The SMILES string of the molecule is Cc1nc(NC2CCN(CC3CCCCC3)C2)ncc1C=O. The Morgan fingerprint density at radius 2 is 2.14 bits per heavy atom. The van der Waals surface area contributed by atoms with Gasteiger partial charge >= 0.3 is 0 Å². The minimum absolute atomic E-state index is 0.421. The molecule has 0 spiro atoms. The van der Waals surface area contributed by atoms with Gasteiger partial charge in [-0.25, -0.2) is 9.97 Å². The van der Waals surface area contributed by atoms with Crippen molar-refractivity contribution in [2.75, 3.05) is 25.0 Å². The van der Waals surface area contributed by atoms with Gasteiger partial charge < -0.3 is 10.2 Å². The Hall–Kier alpha value is -1.49. The van der Waals surface area contributed by atoms with Gasteiger partial charge in [0.25, 0.3) is 0 Å². The van der Waals surface area contributed by atoms with Crippen molar-refractivity contribution >= 4 is 12.2 Å². The number of anilines is 1. The summed E-state index contributed by atoms with van der Waals surface area (Å²) in [7, 11) is 0. The monoisotopic (exact) mass is 302 g/mol. The van der Waals surface area contributed by atoms with Gasteiger partial charge in [0.1, 0.15) is 0 Å². The molecule has 1 aromatic rings. The maximum absolute atomic E-state index is 10.8. The molecule has 2 aliphatic rings. The summed E-state index contributed by atoms with van der Waals surface area (Å²) in [5.74, 6) is 1.55. The van der Waals surface area contributed by atoms with Gasteiger partial charge in [0.05, 0.1) is 11.3 Å². The molecule has 5 nitrogen and oxygen atoms in total. The van der Waals surface area contributed by atoms with Crippen molar-refractivity contribution in [1.82, 2.24) is 14.9 Å². The second kappa shape index (κ2) is 7.18. The van der Waals surface area contributed by atoms with Gasteiger partial charge in [0.2, 0.25) is 5.95 Å². The quantitative estimate of drug-likeness (QED) is 0.847. The van der Waals surface area contributed by atoms with Crippen LogP contribution >= 0.6 is 0 Å². The van der Waals surface area contributed by atoms with E-state index in [-0.39, 0.29) is 0 Å². The third kappa shape index (κ3) is 3.83. The number of hydrogen-bond donors (Lipinski definition) is 1. The Morgan fingerprint density at radius 1 is 1.32 bits per heavy atom. The summed E-state index contributed by atoms with van der Waals surface area (Å²) < 4.78 is 0. The predicted octanol–water partition coefficient (Wildman–Crippen LogP) is 2.66. The second-order valence-electron chi connectivity index (χ2n) is 6.75. The molecule has 22 heavy (non-hydrogen) atoms. The average molecular weight is 302 g/mol. The van der Waals surface area contributed by atoms with Crippen molar-refractivity contribution < 1.29 is 4.79 Å². The Morgan fingerprint density at radius 3 is 2.86 bits per heavy atom. The summed E-state index contributed by atoms with van der Waals surface area (Å²) in [5.41, 5.74) is 1.31. The van der Waals surface area contributed by atoms with Crippen LogP contribution in [0.2, 0.25) is 0 Å².